The van der Waals surface area contributed by atoms with Crippen LogP contribution in [0.2, 0.25) is 5.02 Å². The van der Waals surface area contributed by atoms with Gasteiger partial charge in [0.1, 0.15) is 0 Å². The van der Waals surface area contributed by atoms with Crippen LogP contribution in [0.3, 0.4) is 0 Å². The van der Waals surface area contributed by atoms with Crippen molar-refractivity contribution >= 4 is 11.6 Å². The quantitative estimate of drug-likeness (QED) is 0.761. The fourth-order valence-corrected chi connectivity index (χ4v) is 1.67. The van der Waals surface area contributed by atoms with Crippen LogP contribution in [0.15, 0.2) is 30.3 Å². The van der Waals surface area contributed by atoms with Gasteiger partial charge in [0.05, 0.1) is 5.69 Å². The molecular weight excluding hydrogens is 253 g/mol. The molecule has 0 bridgehead atoms. The lowest BCUT2D eigenvalue weighted by molar-refractivity contribution is -0.141. The number of hydrogen-bond donors (Lipinski definition) is 0. The Morgan fingerprint density at radius 2 is 1.94 bits per heavy atom. The molecule has 0 N–H and O–H groups in total. The molecule has 0 saturated carbocycles. The molecule has 0 unspecified atom stereocenters. The van der Waals surface area contributed by atoms with Gasteiger partial charge in [-0.25, -0.2) is 4.68 Å². The van der Waals surface area contributed by atoms with Gasteiger partial charge in [-0.05, 0) is 31.2 Å². The molecule has 0 aliphatic rings. The summed E-state index contributed by atoms with van der Waals surface area (Å²) in [6.07, 6.45) is -4.44. The summed E-state index contributed by atoms with van der Waals surface area (Å²) in [6.45, 7) is 1.56. The molecule has 1 aromatic carbocycles. The summed E-state index contributed by atoms with van der Waals surface area (Å²) < 4.78 is 38.6. The molecule has 1 aromatic heterocycles. The molecule has 0 aliphatic heterocycles. The van der Waals surface area contributed by atoms with Crippen molar-refractivity contribution in [3.8, 4) is 5.69 Å². The van der Waals surface area contributed by atoms with Gasteiger partial charge in [-0.3, -0.25) is 0 Å². The maximum atomic E-state index is 12.5. The summed E-state index contributed by atoms with van der Waals surface area (Å²) in [5, 5.41) is 3.98. The molecule has 2 rings (SSSR count). The third kappa shape index (κ3) is 2.44. The van der Waals surface area contributed by atoms with E-state index in [-0.39, 0.29) is 0 Å². The second-order valence-corrected chi connectivity index (χ2v) is 4.00. The Hall–Kier alpha value is -1.49. The lowest BCUT2D eigenvalue weighted by Crippen LogP contribution is -2.07. The molecule has 0 amide bonds. The summed E-state index contributed by atoms with van der Waals surface area (Å²) in [7, 11) is 0. The van der Waals surface area contributed by atoms with Gasteiger partial charge < -0.3 is 0 Å². The van der Waals surface area contributed by atoms with E-state index in [1.807, 2.05) is 0 Å². The molecule has 1 heterocycles. The minimum absolute atomic E-state index is 0.402. The van der Waals surface area contributed by atoms with Gasteiger partial charge in [0.15, 0.2) is 5.69 Å². The minimum Gasteiger partial charge on any atom is -0.237 e. The number of hydrogen-bond acceptors (Lipinski definition) is 1. The molecule has 2 nitrogen and oxygen atoms in total. The van der Waals surface area contributed by atoms with E-state index in [9.17, 15) is 13.2 Å². The average Bonchev–Trinajstić information content (AvgIpc) is 2.60. The summed E-state index contributed by atoms with van der Waals surface area (Å²) in [4.78, 5) is 0. The number of benzene rings is 1. The van der Waals surface area contributed by atoms with Crippen molar-refractivity contribution in [1.29, 1.82) is 0 Å². The van der Waals surface area contributed by atoms with Crippen molar-refractivity contribution in [1.82, 2.24) is 9.78 Å². The SMILES string of the molecule is Cc1cc(C(F)(F)F)nn1-c1cccc(Cl)c1. The van der Waals surface area contributed by atoms with Crippen LogP contribution in [0.5, 0.6) is 0 Å². The van der Waals surface area contributed by atoms with Gasteiger partial charge in [0.25, 0.3) is 0 Å². The molecule has 6 heteroatoms. The Kier molecular flexibility index (Phi) is 2.87. The van der Waals surface area contributed by atoms with Crippen molar-refractivity contribution in [2.75, 3.05) is 0 Å². The molecule has 17 heavy (non-hydrogen) atoms. The monoisotopic (exact) mass is 260 g/mol. The third-order valence-electron chi connectivity index (χ3n) is 2.23. The molecular formula is C11H8ClF3N2. The smallest absolute Gasteiger partial charge is 0.237 e. The first-order valence-electron chi connectivity index (χ1n) is 4.78. The van der Waals surface area contributed by atoms with Crippen LogP contribution in [0.1, 0.15) is 11.4 Å². The van der Waals surface area contributed by atoms with Gasteiger partial charge in [0.2, 0.25) is 0 Å². The van der Waals surface area contributed by atoms with Crippen molar-refractivity contribution in [2.24, 2.45) is 0 Å². The van der Waals surface area contributed by atoms with Crippen LogP contribution < -0.4 is 0 Å². The Balaban J connectivity index is 2.50. The molecule has 0 radical (unpaired) electrons. The van der Waals surface area contributed by atoms with Gasteiger partial charge in [-0.2, -0.15) is 18.3 Å². The van der Waals surface area contributed by atoms with Crippen LogP contribution in [0.4, 0.5) is 13.2 Å². The Morgan fingerprint density at radius 1 is 1.24 bits per heavy atom. The average molecular weight is 261 g/mol. The standard InChI is InChI=1S/C11H8ClF3N2/c1-7-5-10(11(13,14)15)16-17(7)9-4-2-3-8(12)6-9/h2-6H,1H3. The molecule has 0 aliphatic carbocycles. The largest absolute Gasteiger partial charge is 0.435 e. The zero-order valence-electron chi connectivity index (χ0n) is 8.79. The second kappa shape index (κ2) is 4.07. The van der Waals surface area contributed by atoms with E-state index < -0.39 is 11.9 Å². The molecule has 0 fully saturated rings. The lowest BCUT2D eigenvalue weighted by Gasteiger charge is -2.04. The minimum atomic E-state index is -4.44. The molecule has 0 atom stereocenters. The molecule has 0 saturated heterocycles. The number of aromatic nitrogens is 2. The van der Waals surface area contributed by atoms with Crippen LogP contribution >= 0.6 is 11.6 Å². The van der Waals surface area contributed by atoms with E-state index >= 15 is 0 Å². The summed E-state index contributed by atoms with van der Waals surface area (Å²) in [5.74, 6) is 0. The number of alkyl halides is 3. The first kappa shape index (κ1) is 12.0. The van der Waals surface area contributed by atoms with Crippen molar-refractivity contribution in [2.45, 2.75) is 13.1 Å². The fourth-order valence-electron chi connectivity index (χ4n) is 1.48. The van der Waals surface area contributed by atoms with Crippen molar-refractivity contribution in [3.63, 3.8) is 0 Å². The number of rotatable bonds is 1. The summed E-state index contributed by atoms with van der Waals surface area (Å²) in [6, 6.07) is 7.51. The van der Waals surface area contributed by atoms with Crippen molar-refractivity contribution in [3.05, 3.63) is 46.7 Å². The van der Waals surface area contributed by atoms with Gasteiger partial charge in [-0.1, -0.05) is 17.7 Å². The predicted molar refractivity (Wildman–Crippen MR) is 58.3 cm³/mol. The second-order valence-electron chi connectivity index (χ2n) is 3.56. The number of aryl methyl sites for hydroxylation is 1. The first-order valence-corrected chi connectivity index (χ1v) is 5.15. The number of nitrogens with zero attached hydrogens (tertiary/aromatic N) is 2. The van der Waals surface area contributed by atoms with Gasteiger partial charge in [0, 0.05) is 10.7 Å². The Bertz CT molecular complexity index is 546. The predicted octanol–water partition coefficient (Wildman–Crippen LogP) is 3.85. The van der Waals surface area contributed by atoms with E-state index in [1.165, 1.54) is 4.68 Å². The summed E-state index contributed by atoms with van der Waals surface area (Å²) in [5.41, 5.74) is 0.0000622. The molecule has 2 aromatic rings. The lowest BCUT2D eigenvalue weighted by atomic mass is 10.3. The highest BCUT2D eigenvalue weighted by atomic mass is 35.5. The molecule has 0 spiro atoms. The first-order chi connectivity index (χ1) is 7.88. The maximum absolute atomic E-state index is 12.5. The third-order valence-corrected chi connectivity index (χ3v) is 2.47. The highest BCUT2D eigenvalue weighted by Crippen LogP contribution is 2.29. The Labute approximate surface area is 101 Å². The van der Waals surface area contributed by atoms with Gasteiger partial charge in [-0.15, -0.1) is 0 Å². The highest BCUT2D eigenvalue weighted by molar-refractivity contribution is 6.30. The topological polar surface area (TPSA) is 17.8 Å². The van der Waals surface area contributed by atoms with Gasteiger partial charge >= 0.3 is 6.18 Å². The normalized spacial score (nSPS) is 11.8. The van der Waals surface area contributed by atoms with E-state index in [0.29, 0.717) is 16.4 Å². The van der Waals surface area contributed by atoms with Crippen LogP contribution in [0, 0.1) is 6.92 Å². The van der Waals surface area contributed by atoms with E-state index in [0.717, 1.165) is 6.07 Å². The van der Waals surface area contributed by atoms with Crippen LogP contribution in [0.25, 0.3) is 5.69 Å². The fraction of sp³-hybridized carbons (Fsp3) is 0.182. The summed E-state index contributed by atoms with van der Waals surface area (Å²) >= 11 is 5.78. The van der Waals surface area contributed by atoms with E-state index in [1.54, 1.807) is 31.2 Å². The van der Waals surface area contributed by atoms with Crippen LogP contribution in [-0.4, -0.2) is 9.78 Å². The van der Waals surface area contributed by atoms with Crippen LogP contribution in [-0.2, 0) is 6.18 Å². The molecule has 90 valence electrons. The maximum Gasteiger partial charge on any atom is 0.435 e. The van der Waals surface area contributed by atoms with E-state index in [4.69, 9.17) is 11.6 Å². The zero-order chi connectivity index (χ0) is 12.6. The Morgan fingerprint density at radius 3 is 2.47 bits per heavy atom. The van der Waals surface area contributed by atoms with Crippen molar-refractivity contribution < 1.29 is 13.2 Å². The van der Waals surface area contributed by atoms with E-state index in [2.05, 4.69) is 5.10 Å². The highest BCUT2D eigenvalue weighted by Gasteiger charge is 2.34. The number of halogens is 4. The zero-order valence-corrected chi connectivity index (χ0v) is 9.55.